The summed E-state index contributed by atoms with van der Waals surface area (Å²) in [4.78, 5) is 28.6. The molecule has 0 N–H and O–H groups in total. The summed E-state index contributed by atoms with van der Waals surface area (Å²) in [7, 11) is 1.84. The van der Waals surface area contributed by atoms with Crippen LogP contribution >= 0.6 is 0 Å². The first-order valence-electron chi connectivity index (χ1n) is 9.66. The Hall–Kier alpha value is -2.62. The highest BCUT2D eigenvalue weighted by atomic mass is 16.2. The van der Waals surface area contributed by atoms with Crippen molar-refractivity contribution in [1.82, 2.24) is 9.80 Å². The third-order valence-electron chi connectivity index (χ3n) is 5.46. The molecule has 4 heteroatoms. The molecule has 1 unspecified atom stereocenters. The molecule has 2 aromatic carbocycles. The number of aryl methyl sites for hydroxylation is 1. The monoisotopic (exact) mass is 364 g/mol. The highest BCUT2D eigenvalue weighted by Gasteiger charge is 2.31. The number of fused-ring (bicyclic) bond motifs is 1. The first kappa shape index (κ1) is 19.2. The molecular weight excluding hydrogens is 336 g/mol. The molecule has 27 heavy (non-hydrogen) atoms. The summed E-state index contributed by atoms with van der Waals surface area (Å²) in [5.41, 5.74) is 4.76. The zero-order valence-corrected chi connectivity index (χ0v) is 16.4. The van der Waals surface area contributed by atoms with E-state index < -0.39 is 0 Å². The van der Waals surface area contributed by atoms with Crippen LogP contribution in [0.1, 0.15) is 48.6 Å². The normalized spacial score (nSPS) is 16.0. The minimum Gasteiger partial charge on any atom is -0.341 e. The molecule has 0 aromatic heterocycles. The van der Waals surface area contributed by atoms with Crippen molar-refractivity contribution >= 4 is 11.8 Å². The fraction of sp³-hybridized carbons (Fsp3) is 0.391. The fourth-order valence-corrected chi connectivity index (χ4v) is 3.81. The van der Waals surface area contributed by atoms with Gasteiger partial charge >= 0.3 is 0 Å². The first-order chi connectivity index (χ1) is 13.0. The average Bonchev–Trinajstić information content (AvgIpc) is 2.68. The molecular formula is C23H28N2O2. The molecule has 2 aromatic rings. The Kier molecular flexibility index (Phi) is 5.94. The van der Waals surface area contributed by atoms with Gasteiger partial charge in [-0.2, -0.15) is 0 Å². The van der Waals surface area contributed by atoms with Crippen LogP contribution in [0.15, 0.2) is 48.5 Å². The summed E-state index contributed by atoms with van der Waals surface area (Å²) in [6.45, 7) is 4.97. The molecule has 4 nitrogen and oxygen atoms in total. The van der Waals surface area contributed by atoms with E-state index in [1.165, 1.54) is 11.1 Å². The quantitative estimate of drug-likeness (QED) is 0.811. The number of hydrogen-bond donors (Lipinski definition) is 0. The van der Waals surface area contributed by atoms with E-state index in [-0.39, 0.29) is 17.9 Å². The lowest BCUT2D eigenvalue weighted by Crippen LogP contribution is -2.41. The Labute approximate surface area is 161 Å². The number of amides is 2. The van der Waals surface area contributed by atoms with Crippen molar-refractivity contribution in [2.24, 2.45) is 0 Å². The molecule has 2 amide bonds. The van der Waals surface area contributed by atoms with Gasteiger partial charge in [0.2, 0.25) is 11.8 Å². The number of carbonyl (C=O) groups excluding carboxylic acids is 2. The third kappa shape index (κ3) is 4.38. The number of nitrogens with zero attached hydrogens (tertiary/aromatic N) is 2. The van der Waals surface area contributed by atoms with Crippen molar-refractivity contribution in [2.75, 3.05) is 13.6 Å². The predicted molar refractivity (Wildman–Crippen MR) is 107 cm³/mol. The van der Waals surface area contributed by atoms with E-state index in [1.807, 2.05) is 30.1 Å². The van der Waals surface area contributed by atoms with Gasteiger partial charge in [0.25, 0.3) is 0 Å². The summed E-state index contributed by atoms with van der Waals surface area (Å²) in [5, 5.41) is 0. The maximum absolute atomic E-state index is 12.9. The first-order valence-corrected chi connectivity index (χ1v) is 9.66. The second-order valence-electron chi connectivity index (χ2n) is 7.30. The van der Waals surface area contributed by atoms with E-state index in [4.69, 9.17) is 0 Å². The van der Waals surface area contributed by atoms with Crippen molar-refractivity contribution in [3.63, 3.8) is 0 Å². The molecule has 0 saturated heterocycles. The minimum atomic E-state index is -0.176. The van der Waals surface area contributed by atoms with Crippen molar-refractivity contribution in [3.05, 3.63) is 70.8 Å². The summed E-state index contributed by atoms with van der Waals surface area (Å²) in [5.74, 6) is 0.0858. The molecule has 3 rings (SSSR count). The predicted octanol–water partition coefficient (Wildman–Crippen LogP) is 3.74. The van der Waals surface area contributed by atoms with Crippen LogP contribution in [0.25, 0.3) is 0 Å². The third-order valence-corrected chi connectivity index (χ3v) is 5.46. The summed E-state index contributed by atoms with van der Waals surface area (Å²) in [6, 6.07) is 16.4. The van der Waals surface area contributed by atoms with Crippen molar-refractivity contribution in [3.8, 4) is 0 Å². The van der Waals surface area contributed by atoms with Crippen LogP contribution in [0.3, 0.4) is 0 Å². The maximum Gasteiger partial charge on any atom is 0.225 e. The SMILES string of the molecule is CCc1ccc(CN(C)C(=O)CC2c3ccccc3CCN2C(C)=O)cc1. The van der Waals surface area contributed by atoms with Gasteiger partial charge < -0.3 is 9.80 Å². The lowest BCUT2D eigenvalue weighted by Gasteiger charge is -2.37. The van der Waals surface area contributed by atoms with Crippen LogP contribution in [-0.4, -0.2) is 35.2 Å². The van der Waals surface area contributed by atoms with Crippen molar-refractivity contribution < 1.29 is 9.59 Å². The molecule has 0 fully saturated rings. The Bertz CT molecular complexity index is 813. The van der Waals surface area contributed by atoms with E-state index in [9.17, 15) is 9.59 Å². The van der Waals surface area contributed by atoms with E-state index in [0.29, 0.717) is 19.5 Å². The van der Waals surface area contributed by atoms with Gasteiger partial charge in [-0.3, -0.25) is 9.59 Å². The molecule has 0 aliphatic carbocycles. The van der Waals surface area contributed by atoms with Crippen molar-refractivity contribution in [1.29, 1.82) is 0 Å². The molecule has 1 aliphatic heterocycles. The minimum absolute atomic E-state index is 0.0279. The van der Waals surface area contributed by atoms with E-state index >= 15 is 0 Å². The standard InChI is InChI=1S/C23H28N2O2/c1-4-18-9-11-19(12-10-18)16-24(3)23(27)15-22-21-8-6-5-7-20(21)13-14-25(22)17(2)26/h5-12,22H,4,13-16H2,1-3H3. The average molecular weight is 364 g/mol. The maximum atomic E-state index is 12.9. The van der Waals surface area contributed by atoms with Crippen LogP contribution in [0.4, 0.5) is 0 Å². The Morgan fingerprint density at radius 3 is 2.41 bits per heavy atom. The molecule has 1 heterocycles. The molecule has 0 radical (unpaired) electrons. The molecule has 0 spiro atoms. The van der Waals surface area contributed by atoms with Crippen LogP contribution in [0, 0.1) is 0 Å². The fourth-order valence-electron chi connectivity index (χ4n) is 3.81. The summed E-state index contributed by atoms with van der Waals surface area (Å²) < 4.78 is 0. The summed E-state index contributed by atoms with van der Waals surface area (Å²) in [6.07, 6.45) is 2.18. The van der Waals surface area contributed by atoms with Crippen LogP contribution in [-0.2, 0) is 29.0 Å². The largest absolute Gasteiger partial charge is 0.341 e. The molecule has 0 saturated carbocycles. The second kappa shape index (κ2) is 8.38. The topological polar surface area (TPSA) is 40.6 Å². The van der Waals surface area contributed by atoms with E-state index in [2.05, 4.69) is 37.3 Å². The Morgan fingerprint density at radius 1 is 1.07 bits per heavy atom. The van der Waals surface area contributed by atoms with Gasteiger partial charge in [0.15, 0.2) is 0 Å². The van der Waals surface area contributed by atoms with Crippen LogP contribution in [0.5, 0.6) is 0 Å². The highest BCUT2D eigenvalue weighted by molar-refractivity contribution is 5.79. The van der Waals surface area contributed by atoms with Gasteiger partial charge in [0.1, 0.15) is 0 Å². The van der Waals surface area contributed by atoms with Gasteiger partial charge in [0.05, 0.1) is 12.5 Å². The lowest BCUT2D eigenvalue weighted by atomic mass is 9.90. The number of benzene rings is 2. The number of carbonyl (C=O) groups is 2. The second-order valence-corrected chi connectivity index (χ2v) is 7.30. The van der Waals surface area contributed by atoms with Gasteiger partial charge in [-0.25, -0.2) is 0 Å². The van der Waals surface area contributed by atoms with E-state index in [0.717, 1.165) is 24.0 Å². The van der Waals surface area contributed by atoms with Gasteiger partial charge in [-0.05, 0) is 35.1 Å². The highest BCUT2D eigenvalue weighted by Crippen LogP contribution is 2.32. The molecule has 142 valence electrons. The number of rotatable bonds is 5. The Balaban J connectivity index is 1.73. The zero-order chi connectivity index (χ0) is 19.4. The molecule has 0 bridgehead atoms. The molecule has 1 aliphatic rings. The van der Waals surface area contributed by atoms with Gasteiger partial charge in [0, 0.05) is 27.1 Å². The number of hydrogen-bond acceptors (Lipinski definition) is 2. The molecule has 1 atom stereocenters. The van der Waals surface area contributed by atoms with E-state index in [1.54, 1.807) is 11.8 Å². The smallest absolute Gasteiger partial charge is 0.225 e. The lowest BCUT2D eigenvalue weighted by molar-refractivity contribution is -0.136. The van der Waals surface area contributed by atoms with Crippen LogP contribution in [0.2, 0.25) is 0 Å². The van der Waals surface area contributed by atoms with Crippen molar-refractivity contribution in [2.45, 2.75) is 45.7 Å². The zero-order valence-electron chi connectivity index (χ0n) is 16.4. The van der Waals surface area contributed by atoms with Gasteiger partial charge in [-0.15, -0.1) is 0 Å². The Morgan fingerprint density at radius 2 is 1.74 bits per heavy atom. The van der Waals surface area contributed by atoms with Crippen LogP contribution < -0.4 is 0 Å². The van der Waals surface area contributed by atoms with Gasteiger partial charge in [-0.1, -0.05) is 55.5 Å². The summed E-state index contributed by atoms with van der Waals surface area (Å²) >= 11 is 0.